The Hall–Kier alpha value is -0.490. The van der Waals surface area contributed by atoms with Crippen molar-refractivity contribution in [2.45, 2.75) is 19.8 Å². The molecule has 0 atom stereocenters. The Kier molecular flexibility index (Phi) is 3.69. The van der Waals surface area contributed by atoms with Crippen LogP contribution in [0.25, 0.3) is 0 Å². The van der Waals surface area contributed by atoms with E-state index in [1.165, 1.54) is 0 Å². The normalized spacial score (nSPS) is 27.5. The molecule has 0 aromatic rings. The summed E-state index contributed by atoms with van der Waals surface area (Å²) in [5.41, 5.74) is -0.128. The predicted octanol–water partition coefficient (Wildman–Crippen LogP) is 0.788. The maximum absolute atomic E-state index is 5.49. The van der Waals surface area contributed by atoms with Crippen molar-refractivity contribution in [1.29, 1.82) is 0 Å². The van der Waals surface area contributed by atoms with Crippen LogP contribution in [0.1, 0.15) is 13.3 Å². The molecule has 2 heterocycles. The molecule has 0 bridgehead atoms. The van der Waals surface area contributed by atoms with Crippen LogP contribution in [0.5, 0.6) is 0 Å². The number of hydrogen-bond acceptors (Lipinski definition) is 5. The smallest absolute Gasteiger partial charge is 0.257 e. The lowest BCUT2D eigenvalue weighted by Crippen LogP contribution is -2.49. The van der Waals surface area contributed by atoms with E-state index >= 15 is 0 Å². The van der Waals surface area contributed by atoms with Crippen LogP contribution in [0.15, 0.2) is 4.99 Å². The van der Waals surface area contributed by atoms with Crippen molar-refractivity contribution in [2.24, 2.45) is 10.4 Å². The van der Waals surface area contributed by atoms with Gasteiger partial charge in [-0.05, 0) is 6.42 Å². The van der Waals surface area contributed by atoms with Crippen LogP contribution in [0.3, 0.4) is 0 Å². The molecule has 0 unspecified atom stereocenters. The molecule has 15 heavy (non-hydrogen) atoms. The third kappa shape index (κ3) is 2.75. The van der Waals surface area contributed by atoms with Crippen molar-refractivity contribution in [2.75, 3.05) is 33.2 Å². The molecule has 0 amide bonds. The van der Waals surface area contributed by atoms with Crippen molar-refractivity contribution < 1.29 is 18.9 Å². The molecule has 0 aromatic carbocycles. The zero-order valence-corrected chi connectivity index (χ0v) is 8.98. The zero-order valence-electron chi connectivity index (χ0n) is 8.98. The number of nitrogens with zero attached hydrogens (tertiary/aromatic N) is 1. The summed E-state index contributed by atoms with van der Waals surface area (Å²) in [6, 6.07) is 0. The number of rotatable bonds is 2. The van der Waals surface area contributed by atoms with E-state index in [1.807, 2.05) is 6.92 Å². The Morgan fingerprint density at radius 1 is 1.20 bits per heavy atom. The highest BCUT2D eigenvalue weighted by molar-refractivity contribution is 5.56. The fourth-order valence-corrected chi connectivity index (χ4v) is 1.65. The highest BCUT2D eigenvalue weighted by Gasteiger charge is 2.39. The highest BCUT2D eigenvalue weighted by Crippen LogP contribution is 2.28. The summed E-state index contributed by atoms with van der Waals surface area (Å²) in [5, 5.41) is 0. The van der Waals surface area contributed by atoms with Gasteiger partial charge in [-0.15, -0.1) is 0 Å². The molecule has 0 radical (unpaired) electrons. The first-order chi connectivity index (χ1) is 7.35. The van der Waals surface area contributed by atoms with E-state index in [4.69, 9.17) is 18.9 Å². The second-order valence-electron chi connectivity index (χ2n) is 3.98. The lowest BCUT2D eigenvalue weighted by molar-refractivity contribution is -0.276. The topological polar surface area (TPSA) is 49.3 Å². The fourth-order valence-electron chi connectivity index (χ4n) is 1.65. The average Bonchev–Trinajstić information content (AvgIpc) is 2.30. The zero-order chi connectivity index (χ0) is 10.6. The van der Waals surface area contributed by atoms with Gasteiger partial charge in [-0.25, -0.2) is 4.99 Å². The minimum Gasteiger partial charge on any atom is -0.355 e. The van der Waals surface area contributed by atoms with E-state index in [0.29, 0.717) is 33.2 Å². The Balaban J connectivity index is 1.82. The fraction of sp³-hybridized carbons (Fsp3) is 0.900. The minimum atomic E-state index is -0.447. The lowest BCUT2D eigenvalue weighted by Gasteiger charge is -2.40. The summed E-state index contributed by atoms with van der Waals surface area (Å²) >= 11 is 0. The predicted molar refractivity (Wildman–Crippen MR) is 53.7 cm³/mol. The summed E-state index contributed by atoms with van der Waals surface area (Å²) in [4.78, 5) is 4.13. The Morgan fingerprint density at radius 2 is 1.87 bits per heavy atom. The van der Waals surface area contributed by atoms with Gasteiger partial charge in [0.2, 0.25) is 0 Å². The van der Waals surface area contributed by atoms with Crippen molar-refractivity contribution >= 4 is 6.21 Å². The summed E-state index contributed by atoms with van der Waals surface area (Å²) in [6.07, 6.45) is 2.24. The molecule has 2 fully saturated rings. The third-order valence-corrected chi connectivity index (χ3v) is 2.46. The summed E-state index contributed by atoms with van der Waals surface area (Å²) < 4.78 is 21.5. The van der Waals surface area contributed by atoms with Gasteiger partial charge >= 0.3 is 0 Å². The van der Waals surface area contributed by atoms with E-state index in [9.17, 15) is 0 Å². The van der Waals surface area contributed by atoms with Gasteiger partial charge in [-0.2, -0.15) is 0 Å². The van der Waals surface area contributed by atoms with Gasteiger partial charge in [0.25, 0.3) is 6.41 Å². The monoisotopic (exact) mass is 215 g/mol. The summed E-state index contributed by atoms with van der Waals surface area (Å²) in [7, 11) is 0. The highest BCUT2D eigenvalue weighted by atomic mass is 16.7. The van der Waals surface area contributed by atoms with E-state index < -0.39 is 6.41 Å². The minimum absolute atomic E-state index is 0.128. The van der Waals surface area contributed by atoms with Gasteiger partial charge in [0.05, 0.1) is 31.8 Å². The average molecular weight is 215 g/mol. The second-order valence-corrected chi connectivity index (χ2v) is 3.98. The van der Waals surface area contributed by atoms with E-state index in [2.05, 4.69) is 4.99 Å². The van der Waals surface area contributed by atoms with Gasteiger partial charge in [0.1, 0.15) is 6.79 Å². The van der Waals surface area contributed by atoms with Crippen LogP contribution in [0.2, 0.25) is 0 Å². The molecular formula is C10H17NO4. The third-order valence-electron chi connectivity index (χ3n) is 2.46. The van der Waals surface area contributed by atoms with Gasteiger partial charge in [0.15, 0.2) is 0 Å². The van der Waals surface area contributed by atoms with Gasteiger partial charge in [0, 0.05) is 6.21 Å². The second kappa shape index (κ2) is 5.03. The van der Waals surface area contributed by atoms with Crippen molar-refractivity contribution in [3.63, 3.8) is 0 Å². The number of hydrogen-bond donors (Lipinski definition) is 0. The van der Waals surface area contributed by atoms with Crippen LogP contribution in [0, 0.1) is 5.41 Å². The van der Waals surface area contributed by atoms with Crippen LogP contribution >= 0.6 is 0 Å². The maximum atomic E-state index is 5.49. The van der Waals surface area contributed by atoms with E-state index in [-0.39, 0.29) is 5.41 Å². The van der Waals surface area contributed by atoms with Gasteiger partial charge in [-0.3, -0.25) is 0 Å². The molecule has 2 aliphatic rings. The molecule has 0 aliphatic carbocycles. The van der Waals surface area contributed by atoms with Crippen molar-refractivity contribution in [3.8, 4) is 0 Å². The molecule has 2 rings (SSSR count). The first-order valence-corrected chi connectivity index (χ1v) is 5.25. The first kappa shape index (κ1) is 11.0. The standard InChI is InChI=1S/C10H17NO4/c1-2-3-11-9-14-6-10(7-15-9)4-12-8-13-5-10/h3,9H,2,4-8H2,1H3/b11-3+. The summed E-state index contributed by atoms with van der Waals surface area (Å²) in [6.45, 7) is 4.83. The van der Waals surface area contributed by atoms with E-state index in [0.717, 1.165) is 6.42 Å². The largest absolute Gasteiger partial charge is 0.355 e. The lowest BCUT2D eigenvalue weighted by atomic mass is 9.91. The molecular weight excluding hydrogens is 198 g/mol. The quantitative estimate of drug-likeness (QED) is 0.639. The van der Waals surface area contributed by atoms with Crippen LogP contribution < -0.4 is 0 Å². The molecule has 1 spiro atoms. The Morgan fingerprint density at radius 3 is 2.47 bits per heavy atom. The molecule has 0 N–H and O–H groups in total. The molecule has 2 aliphatic heterocycles. The molecule has 0 aromatic heterocycles. The van der Waals surface area contributed by atoms with Gasteiger partial charge < -0.3 is 18.9 Å². The Bertz CT molecular complexity index is 215. The van der Waals surface area contributed by atoms with Crippen LogP contribution in [-0.4, -0.2) is 45.8 Å². The first-order valence-electron chi connectivity index (χ1n) is 5.25. The molecule has 5 nitrogen and oxygen atoms in total. The van der Waals surface area contributed by atoms with Crippen molar-refractivity contribution in [1.82, 2.24) is 0 Å². The van der Waals surface area contributed by atoms with Crippen molar-refractivity contribution in [3.05, 3.63) is 0 Å². The molecule has 2 saturated heterocycles. The Labute approximate surface area is 89.4 Å². The number of ether oxygens (including phenoxy) is 4. The number of aliphatic imine (C=N–C) groups is 1. The maximum Gasteiger partial charge on any atom is 0.257 e. The summed E-state index contributed by atoms with van der Waals surface area (Å²) in [5.74, 6) is 0. The van der Waals surface area contributed by atoms with Gasteiger partial charge in [-0.1, -0.05) is 6.92 Å². The molecule has 86 valence electrons. The molecule has 0 saturated carbocycles. The SMILES string of the molecule is CC/C=N/C1OCC2(COCOC2)CO1. The van der Waals surface area contributed by atoms with Crippen LogP contribution in [-0.2, 0) is 18.9 Å². The molecule has 5 heteroatoms. The van der Waals surface area contributed by atoms with Crippen LogP contribution in [0.4, 0.5) is 0 Å². The van der Waals surface area contributed by atoms with E-state index in [1.54, 1.807) is 6.21 Å².